The molecule has 2 heterocycles. The Kier molecular flexibility index (Phi) is 6.98. The van der Waals surface area contributed by atoms with E-state index in [0.29, 0.717) is 13.1 Å². The van der Waals surface area contributed by atoms with Gasteiger partial charge in [0.15, 0.2) is 0 Å². The van der Waals surface area contributed by atoms with Crippen molar-refractivity contribution < 1.29 is 8.78 Å². The first-order chi connectivity index (χ1) is 24.1. The van der Waals surface area contributed by atoms with Crippen LogP contribution in [-0.2, 0) is 13.1 Å². The van der Waals surface area contributed by atoms with E-state index in [9.17, 15) is 8.78 Å². The number of anilines is 3. The molecule has 0 amide bonds. The Bertz CT molecular complexity index is 2450. The highest BCUT2D eigenvalue weighted by atomic mass is 19.1. The summed E-state index contributed by atoms with van der Waals surface area (Å²) in [5, 5.41) is 4.67. The van der Waals surface area contributed by atoms with Gasteiger partial charge in [0, 0.05) is 73.8 Å². The monoisotopic (exact) mass is 639 g/mol. The van der Waals surface area contributed by atoms with Crippen LogP contribution in [0.1, 0.15) is 11.1 Å². The summed E-state index contributed by atoms with van der Waals surface area (Å²) in [6.45, 7) is 1.29. The third kappa shape index (κ3) is 5.11. The van der Waals surface area contributed by atoms with Gasteiger partial charge in [0.05, 0.1) is 0 Å². The molecule has 0 bridgehead atoms. The van der Waals surface area contributed by atoms with Crippen LogP contribution in [0.15, 0.2) is 164 Å². The lowest BCUT2D eigenvalue weighted by atomic mass is 10.1. The maximum Gasteiger partial charge on any atom is 0.123 e. The lowest BCUT2D eigenvalue weighted by molar-refractivity contribution is 0.626. The van der Waals surface area contributed by atoms with Crippen LogP contribution in [0.25, 0.3) is 43.6 Å². The molecule has 3 nitrogen and oxygen atoms in total. The topological polar surface area (TPSA) is 13.1 Å². The van der Waals surface area contributed by atoms with Gasteiger partial charge in [0.2, 0.25) is 0 Å². The van der Waals surface area contributed by atoms with Crippen molar-refractivity contribution in [3.8, 4) is 0 Å². The van der Waals surface area contributed by atoms with Crippen LogP contribution in [0, 0.1) is 11.6 Å². The van der Waals surface area contributed by atoms with Gasteiger partial charge in [-0.15, -0.1) is 0 Å². The van der Waals surface area contributed by atoms with Crippen LogP contribution in [0.4, 0.5) is 25.8 Å². The zero-order chi connectivity index (χ0) is 32.9. The first kappa shape index (κ1) is 29.0. The number of nitrogens with zero attached hydrogens (tertiary/aromatic N) is 3. The molecule has 0 fully saturated rings. The fourth-order valence-corrected chi connectivity index (χ4v) is 7.27. The third-order valence-electron chi connectivity index (χ3n) is 9.55. The molecule has 49 heavy (non-hydrogen) atoms. The van der Waals surface area contributed by atoms with Crippen LogP contribution in [0.5, 0.6) is 0 Å². The van der Waals surface area contributed by atoms with Crippen LogP contribution in [0.3, 0.4) is 0 Å². The molecule has 0 atom stereocenters. The van der Waals surface area contributed by atoms with E-state index < -0.39 is 0 Å². The van der Waals surface area contributed by atoms with Gasteiger partial charge in [-0.25, -0.2) is 8.78 Å². The quantitative estimate of drug-likeness (QED) is 0.169. The van der Waals surface area contributed by atoms with Crippen LogP contribution < -0.4 is 4.90 Å². The zero-order valence-corrected chi connectivity index (χ0v) is 26.6. The van der Waals surface area contributed by atoms with E-state index in [1.165, 1.54) is 35.0 Å². The van der Waals surface area contributed by atoms with E-state index >= 15 is 0 Å². The number of benzene rings is 7. The van der Waals surface area contributed by atoms with E-state index in [-0.39, 0.29) is 11.6 Å². The highest BCUT2D eigenvalue weighted by Gasteiger charge is 2.19. The molecule has 0 spiro atoms. The predicted octanol–water partition coefficient (Wildman–Crippen LogP) is 11.7. The summed E-state index contributed by atoms with van der Waals surface area (Å²) in [4.78, 5) is 2.32. The molecule has 7 aromatic carbocycles. The van der Waals surface area contributed by atoms with Gasteiger partial charge in [0.1, 0.15) is 11.6 Å². The van der Waals surface area contributed by atoms with Crippen molar-refractivity contribution in [1.29, 1.82) is 0 Å². The number of aromatic nitrogens is 2. The van der Waals surface area contributed by atoms with Crippen molar-refractivity contribution in [2.45, 2.75) is 13.1 Å². The summed E-state index contributed by atoms with van der Waals surface area (Å²) in [7, 11) is 0. The molecule has 0 saturated carbocycles. The molecule has 9 rings (SSSR count). The molecule has 0 aliphatic heterocycles. The number of fused-ring (bicyclic) bond motifs is 6. The molecule has 0 N–H and O–H groups in total. The molecule has 2 aromatic heterocycles. The highest BCUT2D eigenvalue weighted by molar-refractivity contribution is 6.11. The van der Waals surface area contributed by atoms with Gasteiger partial charge in [-0.2, -0.15) is 0 Å². The SMILES string of the molecule is Fc1ccc(Cn2c3ccccc3c3cc(N(c4ccccc4)c4ccc5c(c4)c4ccccc4n5Cc4ccc(F)cc4)ccc32)cc1. The minimum atomic E-state index is -0.229. The Morgan fingerprint density at radius 1 is 0.367 bits per heavy atom. The Morgan fingerprint density at radius 2 is 0.776 bits per heavy atom. The summed E-state index contributed by atoms with van der Waals surface area (Å²) in [6, 6.07) is 54.3. The third-order valence-corrected chi connectivity index (χ3v) is 9.55. The zero-order valence-electron chi connectivity index (χ0n) is 26.6. The van der Waals surface area contributed by atoms with E-state index in [0.717, 1.165) is 61.0 Å². The van der Waals surface area contributed by atoms with Crippen molar-refractivity contribution in [1.82, 2.24) is 9.13 Å². The number of hydrogen-bond acceptors (Lipinski definition) is 1. The van der Waals surface area contributed by atoms with Gasteiger partial charge in [-0.3, -0.25) is 0 Å². The Morgan fingerprint density at radius 3 is 1.24 bits per heavy atom. The van der Waals surface area contributed by atoms with E-state index in [4.69, 9.17) is 0 Å². The maximum absolute atomic E-state index is 13.7. The first-order valence-corrected chi connectivity index (χ1v) is 16.5. The second-order valence-corrected chi connectivity index (χ2v) is 12.5. The smallest absolute Gasteiger partial charge is 0.123 e. The largest absolute Gasteiger partial charge is 0.336 e. The highest BCUT2D eigenvalue weighted by Crippen LogP contribution is 2.41. The number of para-hydroxylation sites is 3. The van der Waals surface area contributed by atoms with Crippen LogP contribution in [-0.4, -0.2) is 9.13 Å². The summed E-state index contributed by atoms with van der Waals surface area (Å²) in [5.41, 5.74) is 9.79. The average molecular weight is 640 g/mol. The number of rotatable bonds is 7. The van der Waals surface area contributed by atoms with E-state index in [1.807, 2.05) is 30.3 Å². The minimum Gasteiger partial charge on any atom is -0.336 e. The van der Waals surface area contributed by atoms with Crippen molar-refractivity contribution in [3.05, 3.63) is 187 Å². The summed E-state index contributed by atoms with van der Waals surface area (Å²) in [6.07, 6.45) is 0. The molecule has 9 aromatic rings. The molecule has 0 unspecified atom stereocenters. The predicted molar refractivity (Wildman–Crippen MR) is 198 cm³/mol. The molecular weight excluding hydrogens is 609 g/mol. The molecule has 0 aliphatic carbocycles. The summed E-state index contributed by atoms with van der Waals surface area (Å²) < 4.78 is 32.1. The van der Waals surface area contributed by atoms with Gasteiger partial charge in [-0.1, -0.05) is 78.9 Å². The minimum absolute atomic E-state index is 0.229. The summed E-state index contributed by atoms with van der Waals surface area (Å²) in [5.74, 6) is -0.459. The fraction of sp³-hybridized carbons (Fsp3) is 0.0455. The van der Waals surface area contributed by atoms with Crippen molar-refractivity contribution in [2.75, 3.05) is 4.90 Å². The first-order valence-electron chi connectivity index (χ1n) is 16.5. The normalized spacial score (nSPS) is 11.6. The molecular formula is C44H31F2N3. The lowest BCUT2D eigenvalue weighted by Crippen LogP contribution is -2.10. The number of halogens is 2. The Hall–Kier alpha value is -6.20. The molecule has 0 saturated heterocycles. The van der Waals surface area contributed by atoms with Crippen molar-refractivity contribution in [2.24, 2.45) is 0 Å². The Labute approximate surface area is 282 Å². The van der Waals surface area contributed by atoms with Gasteiger partial charge < -0.3 is 14.0 Å². The number of hydrogen-bond donors (Lipinski definition) is 0. The van der Waals surface area contributed by atoms with Gasteiger partial charge >= 0.3 is 0 Å². The molecule has 236 valence electrons. The van der Waals surface area contributed by atoms with Crippen LogP contribution in [0.2, 0.25) is 0 Å². The Balaban J connectivity index is 1.20. The molecule has 0 aliphatic rings. The summed E-state index contributed by atoms with van der Waals surface area (Å²) >= 11 is 0. The van der Waals surface area contributed by atoms with Gasteiger partial charge in [-0.05, 0) is 96.1 Å². The van der Waals surface area contributed by atoms with E-state index in [1.54, 1.807) is 0 Å². The lowest BCUT2D eigenvalue weighted by Gasteiger charge is -2.26. The van der Waals surface area contributed by atoms with Crippen molar-refractivity contribution in [3.63, 3.8) is 0 Å². The maximum atomic E-state index is 13.7. The molecule has 0 radical (unpaired) electrons. The standard InChI is InChI=1S/C44H31F2N3/c45-32-18-14-30(15-19-32)28-47-41-12-6-4-10-37(41)39-26-35(22-24-43(39)47)49(34-8-2-1-3-9-34)36-23-25-44-40(27-36)38-11-5-7-13-42(38)48(44)29-31-16-20-33(46)21-17-31/h1-27H,28-29H2. The second kappa shape index (κ2) is 11.8. The van der Waals surface area contributed by atoms with Crippen LogP contribution >= 0.6 is 0 Å². The fourth-order valence-electron chi connectivity index (χ4n) is 7.27. The van der Waals surface area contributed by atoms with E-state index in [2.05, 4.69) is 123 Å². The second-order valence-electron chi connectivity index (χ2n) is 12.5. The average Bonchev–Trinajstić information content (AvgIpc) is 3.62. The van der Waals surface area contributed by atoms with Gasteiger partial charge in [0.25, 0.3) is 0 Å². The van der Waals surface area contributed by atoms with Crippen molar-refractivity contribution >= 4 is 60.7 Å². The molecule has 5 heteroatoms.